The van der Waals surface area contributed by atoms with Gasteiger partial charge in [-0.25, -0.2) is 0 Å². The Morgan fingerprint density at radius 2 is 1.83 bits per heavy atom. The molecular weight excluding hydrogens is 362 g/mol. The highest BCUT2D eigenvalue weighted by Crippen LogP contribution is 2.59. The fourth-order valence-corrected chi connectivity index (χ4v) is 7.02. The van der Waals surface area contributed by atoms with E-state index in [1.54, 1.807) is 0 Å². The maximum Gasteiger partial charge on any atom is 0.0708 e. The predicted octanol–water partition coefficient (Wildman–Crippen LogP) is 3.15. The lowest BCUT2D eigenvalue weighted by atomic mass is 9.53. The number of aliphatic hydroxyl groups is 3. The average Bonchev–Trinajstić information content (AvgIpc) is 3.01. The zero-order valence-corrected chi connectivity index (χ0v) is 17.8. The highest BCUT2D eigenvalue weighted by atomic mass is 16.3. The molecule has 0 spiro atoms. The van der Waals surface area contributed by atoms with Gasteiger partial charge in [-0.2, -0.15) is 0 Å². The summed E-state index contributed by atoms with van der Waals surface area (Å²) in [5, 5.41) is 31.5. The average molecular weight is 400 g/mol. The quantitative estimate of drug-likeness (QED) is 0.586. The summed E-state index contributed by atoms with van der Waals surface area (Å²) in [5.74, 6) is 0.744. The van der Waals surface area contributed by atoms with Gasteiger partial charge in [0.05, 0.1) is 12.2 Å². The van der Waals surface area contributed by atoms with Crippen LogP contribution in [0.25, 0.3) is 0 Å². The van der Waals surface area contributed by atoms with Crippen LogP contribution in [0.3, 0.4) is 0 Å². The second-order valence-corrected chi connectivity index (χ2v) is 10.1. The summed E-state index contributed by atoms with van der Waals surface area (Å²) in [6.45, 7) is 5.20. The second-order valence-electron chi connectivity index (χ2n) is 10.1. The Labute approximate surface area is 174 Å². The van der Waals surface area contributed by atoms with Crippen LogP contribution in [0.1, 0.15) is 57.9 Å². The maximum absolute atomic E-state index is 11.2. The number of benzene rings is 1. The van der Waals surface area contributed by atoms with E-state index in [4.69, 9.17) is 5.73 Å². The molecule has 160 valence electrons. The normalized spacial score (nSPS) is 42.8. The Bertz CT molecular complexity index is 763. The summed E-state index contributed by atoms with van der Waals surface area (Å²) in [6.07, 6.45) is 4.41. The van der Waals surface area contributed by atoms with E-state index in [-0.39, 0.29) is 35.4 Å². The molecule has 3 aliphatic carbocycles. The molecule has 3 aliphatic rings. The molecule has 1 saturated carbocycles. The van der Waals surface area contributed by atoms with Crippen LogP contribution in [-0.2, 0) is 5.41 Å². The zero-order valence-electron chi connectivity index (χ0n) is 17.8. The van der Waals surface area contributed by atoms with Gasteiger partial charge in [0, 0.05) is 12.0 Å². The lowest BCUT2D eigenvalue weighted by Gasteiger charge is -2.52. The van der Waals surface area contributed by atoms with Gasteiger partial charge in [-0.05, 0) is 80.7 Å². The highest BCUT2D eigenvalue weighted by molar-refractivity contribution is 5.46. The minimum atomic E-state index is -0.419. The summed E-state index contributed by atoms with van der Waals surface area (Å²) in [5.41, 5.74) is 9.96. The van der Waals surface area contributed by atoms with Crippen molar-refractivity contribution in [3.63, 3.8) is 0 Å². The van der Waals surface area contributed by atoms with Crippen LogP contribution in [-0.4, -0.2) is 40.7 Å². The number of nitrogens with two attached hydrogens (primary N) is 1. The Balaban J connectivity index is 1.71. The lowest BCUT2D eigenvalue weighted by molar-refractivity contribution is -0.0574. The van der Waals surface area contributed by atoms with Crippen LogP contribution >= 0.6 is 0 Å². The summed E-state index contributed by atoms with van der Waals surface area (Å²) in [7, 11) is 0. The first-order valence-corrected chi connectivity index (χ1v) is 11.3. The van der Waals surface area contributed by atoms with E-state index < -0.39 is 6.10 Å². The monoisotopic (exact) mass is 399 g/mol. The number of hydrogen-bond acceptors (Lipinski definition) is 4. The third-order valence-electron chi connectivity index (χ3n) is 8.93. The molecule has 0 aliphatic heterocycles. The molecule has 5 N–H and O–H groups in total. The molecule has 0 saturated heterocycles. The molecular formula is C25H37NO3. The molecule has 0 aromatic heterocycles. The molecule has 4 heteroatoms. The van der Waals surface area contributed by atoms with Gasteiger partial charge in [-0.1, -0.05) is 48.4 Å². The lowest BCUT2D eigenvalue weighted by Crippen LogP contribution is -2.48. The molecule has 1 aromatic carbocycles. The van der Waals surface area contributed by atoms with Crippen LogP contribution in [0.4, 0.5) is 0 Å². The summed E-state index contributed by atoms with van der Waals surface area (Å²) in [6, 6.07) is 10.4. The first-order chi connectivity index (χ1) is 13.9. The minimum absolute atomic E-state index is 0.0206. The van der Waals surface area contributed by atoms with Crippen molar-refractivity contribution in [1.29, 1.82) is 0 Å². The Morgan fingerprint density at radius 1 is 1.10 bits per heavy atom. The Kier molecular flexibility index (Phi) is 5.67. The van der Waals surface area contributed by atoms with Crippen molar-refractivity contribution in [2.45, 2.75) is 70.0 Å². The van der Waals surface area contributed by atoms with Crippen molar-refractivity contribution < 1.29 is 15.3 Å². The van der Waals surface area contributed by atoms with E-state index in [1.165, 1.54) is 16.7 Å². The largest absolute Gasteiger partial charge is 0.396 e. The molecule has 7 atom stereocenters. The first-order valence-electron chi connectivity index (χ1n) is 11.3. The van der Waals surface area contributed by atoms with Crippen molar-refractivity contribution in [3.8, 4) is 0 Å². The fourth-order valence-electron chi connectivity index (χ4n) is 7.02. The fraction of sp³-hybridized carbons (Fsp3) is 0.680. The highest BCUT2D eigenvalue weighted by Gasteiger charge is 2.54. The van der Waals surface area contributed by atoms with E-state index in [0.29, 0.717) is 25.3 Å². The van der Waals surface area contributed by atoms with Crippen LogP contribution in [0.2, 0.25) is 0 Å². The van der Waals surface area contributed by atoms with Crippen molar-refractivity contribution in [2.75, 3.05) is 13.2 Å². The van der Waals surface area contributed by atoms with Crippen molar-refractivity contribution in [3.05, 3.63) is 47.0 Å². The number of rotatable bonds is 4. The van der Waals surface area contributed by atoms with Crippen molar-refractivity contribution in [1.82, 2.24) is 0 Å². The topological polar surface area (TPSA) is 86.7 Å². The van der Waals surface area contributed by atoms with Gasteiger partial charge in [-0.15, -0.1) is 0 Å². The van der Waals surface area contributed by atoms with Gasteiger partial charge in [0.25, 0.3) is 0 Å². The van der Waals surface area contributed by atoms with Gasteiger partial charge in [0.1, 0.15) is 0 Å². The van der Waals surface area contributed by atoms with Crippen LogP contribution in [0, 0.1) is 23.2 Å². The van der Waals surface area contributed by atoms with Crippen molar-refractivity contribution >= 4 is 0 Å². The third-order valence-corrected chi connectivity index (χ3v) is 8.93. The molecule has 4 nitrogen and oxygen atoms in total. The maximum atomic E-state index is 11.2. The molecule has 0 heterocycles. The van der Waals surface area contributed by atoms with Crippen molar-refractivity contribution in [2.24, 2.45) is 28.9 Å². The van der Waals surface area contributed by atoms with Gasteiger partial charge in [0.2, 0.25) is 0 Å². The molecule has 0 unspecified atom stereocenters. The van der Waals surface area contributed by atoms with Gasteiger partial charge in [-0.3, -0.25) is 0 Å². The smallest absolute Gasteiger partial charge is 0.0708 e. The Morgan fingerprint density at radius 3 is 2.48 bits per heavy atom. The summed E-state index contributed by atoms with van der Waals surface area (Å²) in [4.78, 5) is 0. The standard InChI is InChI=1S/C25H37NO3/c1-24(11-10-18(28)12-17(24)15-27)21-8-9-22-19(20(21)14-26)13-23(29)25(22,2)16-6-4-3-5-7-16/h3-7,17-18,20-21,23,27-29H,8-15,26H2,1-2H3/t17-,18+,20+,21+,23-,24+,25+/m1/s1. The zero-order chi connectivity index (χ0) is 20.8. The summed E-state index contributed by atoms with van der Waals surface area (Å²) >= 11 is 0. The molecule has 1 fully saturated rings. The molecule has 1 aromatic rings. The van der Waals surface area contributed by atoms with Crippen LogP contribution < -0.4 is 5.73 Å². The predicted molar refractivity (Wildman–Crippen MR) is 115 cm³/mol. The minimum Gasteiger partial charge on any atom is -0.396 e. The molecule has 0 amide bonds. The van der Waals surface area contributed by atoms with E-state index in [9.17, 15) is 15.3 Å². The molecule has 0 radical (unpaired) electrons. The van der Waals surface area contributed by atoms with E-state index in [1.807, 2.05) is 6.07 Å². The van der Waals surface area contributed by atoms with Gasteiger partial charge < -0.3 is 21.1 Å². The second kappa shape index (κ2) is 7.81. The van der Waals surface area contributed by atoms with E-state index >= 15 is 0 Å². The molecule has 0 bridgehead atoms. The number of hydrogen-bond donors (Lipinski definition) is 4. The van der Waals surface area contributed by atoms with E-state index in [0.717, 1.165) is 25.7 Å². The van der Waals surface area contributed by atoms with Crippen LogP contribution in [0.5, 0.6) is 0 Å². The SMILES string of the molecule is C[C@]1([C@H]2CCC3=C(C[C@@H](O)[C@@]3(C)c3ccccc3)[C@@H]2CN)CC[C@H](O)C[C@@H]1CO. The first kappa shape index (κ1) is 21.0. The summed E-state index contributed by atoms with van der Waals surface area (Å²) < 4.78 is 0. The molecule has 4 rings (SSSR count). The molecule has 29 heavy (non-hydrogen) atoms. The van der Waals surface area contributed by atoms with Crippen LogP contribution in [0.15, 0.2) is 41.5 Å². The van der Waals surface area contributed by atoms with E-state index in [2.05, 4.69) is 38.1 Å². The third kappa shape index (κ3) is 3.20. The van der Waals surface area contributed by atoms with Gasteiger partial charge in [0.15, 0.2) is 0 Å². The number of aliphatic hydroxyl groups excluding tert-OH is 3. The van der Waals surface area contributed by atoms with Gasteiger partial charge >= 0.3 is 0 Å². The Hall–Kier alpha value is -1.20.